The molecule has 0 aromatic heterocycles. The molecule has 9 rings (SSSR count). The molecule has 0 aliphatic carbocycles. The molecule has 338 valence electrons. The Balaban J connectivity index is 1.32. The molecular formula is C45H38O20. The number of aliphatic hydroxyl groups is 3. The van der Waals surface area contributed by atoms with Crippen molar-refractivity contribution in [2.24, 2.45) is 0 Å². The Hall–Kier alpha value is -8.20. The molecule has 3 aliphatic heterocycles. The molecule has 3 heterocycles. The van der Waals surface area contributed by atoms with Crippen LogP contribution in [0.4, 0.5) is 0 Å². The van der Waals surface area contributed by atoms with Gasteiger partial charge in [0.1, 0.15) is 70.1 Å². The van der Waals surface area contributed by atoms with E-state index in [0.717, 1.165) is 60.7 Å². The summed E-state index contributed by atoms with van der Waals surface area (Å²) in [7, 11) is 0. The van der Waals surface area contributed by atoms with Gasteiger partial charge in [-0.1, -0.05) is 6.07 Å². The second kappa shape index (κ2) is 15.0. The quantitative estimate of drug-likeness (QED) is 0.109. The largest absolute Gasteiger partial charge is 0.508 e. The van der Waals surface area contributed by atoms with Crippen LogP contribution in [0, 0.1) is 0 Å². The molecule has 0 radical (unpaired) electrons. The van der Waals surface area contributed by atoms with Gasteiger partial charge in [-0.25, -0.2) is 0 Å². The van der Waals surface area contributed by atoms with E-state index in [1.54, 1.807) is 0 Å². The Morgan fingerprint density at radius 1 is 0.369 bits per heavy atom. The SMILES string of the molecule is Oc1cc(O)c2c(c1)O[C@H](c1cc(O)c(O)c(O)c1)[C@H](O)[C@H]2c1c(O)cc(O)c2c1O[C@H](c1cc(O)c(O)c(O)c1)[C@H](O)[C@H]2c1c(O)cc(O)c2c1O[C@H](c1ccc(O)c(O)c1)[C@@H](O)C2. The summed E-state index contributed by atoms with van der Waals surface area (Å²) in [6.07, 6.45) is -10.8. The van der Waals surface area contributed by atoms with Gasteiger partial charge in [0.15, 0.2) is 58.2 Å². The van der Waals surface area contributed by atoms with E-state index in [-0.39, 0.29) is 45.7 Å². The highest BCUT2D eigenvalue weighted by Crippen LogP contribution is 2.62. The second-order valence-corrected chi connectivity index (χ2v) is 16.0. The van der Waals surface area contributed by atoms with Crippen molar-refractivity contribution in [3.05, 3.63) is 111 Å². The summed E-state index contributed by atoms with van der Waals surface area (Å²) in [6, 6.07) is 10.7. The average molecular weight is 899 g/mol. The number of fused-ring (bicyclic) bond motifs is 3. The maximum Gasteiger partial charge on any atom is 0.200 e. The normalized spacial score (nSPS) is 23.2. The Kier molecular flexibility index (Phi) is 9.70. The van der Waals surface area contributed by atoms with Gasteiger partial charge >= 0.3 is 0 Å². The number of ether oxygens (including phenoxy) is 3. The van der Waals surface area contributed by atoms with Crippen LogP contribution in [0.1, 0.15) is 74.7 Å². The van der Waals surface area contributed by atoms with Crippen molar-refractivity contribution in [1.29, 1.82) is 0 Å². The predicted molar refractivity (Wildman–Crippen MR) is 217 cm³/mol. The summed E-state index contributed by atoms with van der Waals surface area (Å²) in [5, 5.41) is 188. The van der Waals surface area contributed by atoms with Gasteiger partial charge in [0, 0.05) is 69.6 Å². The van der Waals surface area contributed by atoms with Crippen LogP contribution in [-0.4, -0.2) is 105 Å². The minimum atomic E-state index is -2.05. The van der Waals surface area contributed by atoms with Crippen LogP contribution in [0.15, 0.2) is 66.7 Å². The first-order valence-corrected chi connectivity index (χ1v) is 19.5. The molecule has 6 aromatic carbocycles. The zero-order chi connectivity index (χ0) is 46.7. The number of benzene rings is 6. The van der Waals surface area contributed by atoms with E-state index in [0.29, 0.717) is 0 Å². The van der Waals surface area contributed by atoms with E-state index >= 15 is 0 Å². The maximum absolute atomic E-state index is 12.5. The van der Waals surface area contributed by atoms with Gasteiger partial charge in [-0.2, -0.15) is 0 Å². The lowest BCUT2D eigenvalue weighted by Gasteiger charge is -2.43. The molecular weight excluding hydrogens is 860 g/mol. The van der Waals surface area contributed by atoms with E-state index in [2.05, 4.69) is 0 Å². The number of rotatable bonds is 5. The molecule has 0 unspecified atom stereocenters. The minimum absolute atomic E-state index is 0.103. The van der Waals surface area contributed by atoms with Gasteiger partial charge in [0.05, 0.1) is 17.9 Å². The van der Waals surface area contributed by atoms with E-state index in [9.17, 15) is 86.8 Å². The Morgan fingerprint density at radius 2 is 0.815 bits per heavy atom. The predicted octanol–water partition coefficient (Wildman–Crippen LogP) is 3.86. The molecule has 8 atom stereocenters. The van der Waals surface area contributed by atoms with Crippen molar-refractivity contribution >= 4 is 0 Å². The summed E-state index contributed by atoms with van der Waals surface area (Å²) in [5.41, 5.74) is -2.13. The van der Waals surface area contributed by atoms with Crippen LogP contribution in [-0.2, 0) is 6.42 Å². The van der Waals surface area contributed by atoms with E-state index < -0.39 is 151 Å². The third-order valence-corrected chi connectivity index (χ3v) is 12.0. The first-order valence-electron chi connectivity index (χ1n) is 19.5. The average Bonchev–Trinajstić information content (AvgIpc) is 3.23. The smallest absolute Gasteiger partial charge is 0.200 e. The zero-order valence-electron chi connectivity index (χ0n) is 33.0. The standard InChI is InChI=1S/C45H38O20/c46-16-8-21(50)31-30(9-16)63-42(14-4-25(54)37(59)26(55)5-14)39(61)35(31)33-23(52)12-24(53)34-36(40(62)43(65-45(33)34)15-6-27(56)38(60)28(57)7-15)32-22(51)11-19(48)17-10-29(58)41(64-44(17)32)13-1-2-18(47)20(49)3-13/h1-9,11-12,29,35-36,39-43,46-62H,10H2/t29-,35+,36-,39+,40+,41+,42+,43+/m0/s1. The number of aliphatic hydroxyl groups excluding tert-OH is 3. The molecule has 0 saturated carbocycles. The lowest BCUT2D eigenvalue weighted by molar-refractivity contribution is -0.00570. The molecule has 0 spiro atoms. The molecule has 0 amide bonds. The molecule has 20 heteroatoms. The first kappa shape index (κ1) is 42.1. The number of hydrogen-bond donors (Lipinski definition) is 17. The Morgan fingerprint density at radius 3 is 1.35 bits per heavy atom. The topological polar surface area (TPSA) is 372 Å². The van der Waals surface area contributed by atoms with E-state index in [4.69, 9.17) is 14.2 Å². The van der Waals surface area contributed by atoms with Gasteiger partial charge in [-0.15, -0.1) is 0 Å². The van der Waals surface area contributed by atoms with Gasteiger partial charge < -0.3 is 101 Å². The lowest BCUT2D eigenvalue weighted by Crippen LogP contribution is -2.39. The van der Waals surface area contributed by atoms with E-state index in [1.807, 2.05) is 0 Å². The van der Waals surface area contributed by atoms with Gasteiger partial charge in [-0.05, 0) is 42.0 Å². The molecule has 0 saturated heterocycles. The minimum Gasteiger partial charge on any atom is -0.508 e. The lowest BCUT2D eigenvalue weighted by atomic mass is 9.73. The van der Waals surface area contributed by atoms with Crippen LogP contribution in [0.5, 0.6) is 97.7 Å². The van der Waals surface area contributed by atoms with Crippen molar-refractivity contribution in [3.63, 3.8) is 0 Å². The Bertz CT molecular complexity index is 2900. The van der Waals surface area contributed by atoms with Crippen molar-refractivity contribution in [2.45, 2.75) is 54.9 Å². The first-order chi connectivity index (χ1) is 30.7. The summed E-state index contributed by atoms with van der Waals surface area (Å²) >= 11 is 0. The van der Waals surface area contributed by atoms with Crippen molar-refractivity contribution in [3.8, 4) is 97.7 Å². The number of aromatic hydroxyl groups is 14. The summed E-state index contributed by atoms with van der Waals surface area (Å²) < 4.78 is 18.7. The summed E-state index contributed by atoms with van der Waals surface area (Å²) in [5.74, 6) is -15.7. The Labute approximate surface area is 364 Å². The molecule has 0 bridgehead atoms. The molecule has 6 aromatic rings. The van der Waals surface area contributed by atoms with Crippen LogP contribution >= 0.6 is 0 Å². The molecule has 0 fully saturated rings. The van der Waals surface area contributed by atoms with Gasteiger partial charge in [0.25, 0.3) is 0 Å². The molecule has 3 aliphatic rings. The molecule has 20 nitrogen and oxygen atoms in total. The fourth-order valence-corrected chi connectivity index (χ4v) is 9.08. The highest BCUT2D eigenvalue weighted by molar-refractivity contribution is 5.71. The van der Waals surface area contributed by atoms with Crippen molar-refractivity contribution < 1.29 is 101 Å². The van der Waals surface area contributed by atoms with Gasteiger partial charge in [-0.3, -0.25) is 0 Å². The van der Waals surface area contributed by atoms with Crippen molar-refractivity contribution in [2.75, 3.05) is 0 Å². The summed E-state index contributed by atoms with van der Waals surface area (Å²) in [6.45, 7) is 0. The van der Waals surface area contributed by atoms with Crippen LogP contribution in [0.25, 0.3) is 0 Å². The fourth-order valence-electron chi connectivity index (χ4n) is 9.08. The fraction of sp³-hybridized carbons (Fsp3) is 0.200. The zero-order valence-corrected chi connectivity index (χ0v) is 33.0. The van der Waals surface area contributed by atoms with E-state index in [1.165, 1.54) is 6.07 Å². The van der Waals surface area contributed by atoms with Gasteiger partial charge in [0.2, 0.25) is 0 Å². The highest BCUT2D eigenvalue weighted by atomic mass is 16.5. The maximum atomic E-state index is 12.5. The highest BCUT2D eigenvalue weighted by Gasteiger charge is 2.51. The third kappa shape index (κ3) is 6.57. The number of hydrogen-bond acceptors (Lipinski definition) is 20. The van der Waals surface area contributed by atoms with Crippen LogP contribution in [0.2, 0.25) is 0 Å². The van der Waals surface area contributed by atoms with Crippen LogP contribution < -0.4 is 14.2 Å². The second-order valence-electron chi connectivity index (χ2n) is 16.0. The monoisotopic (exact) mass is 898 g/mol. The van der Waals surface area contributed by atoms with Crippen LogP contribution in [0.3, 0.4) is 0 Å². The third-order valence-electron chi connectivity index (χ3n) is 12.0. The molecule has 65 heavy (non-hydrogen) atoms. The summed E-state index contributed by atoms with van der Waals surface area (Å²) in [4.78, 5) is 0. The molecule has 17 N–H and O–H groups in total. The number of phenolic OH excluding ortho intramolecular Hbond substituents is 14. The van der Waals surface area contributed by atoms with Crippen molar-refractivity contribution in [1.82, 2.24) is 0 Å². The number of phenols is 14.